The number of carbonyl (C=O) groups excluding carboxylic acids is 1. The zero-order valence-corrected chi connectivity index (χ0v) is 14.2. The van der Waals surface area contributed by atoms with E-state index in [1.54, 1.807) is 11.1 Å². The highest BCUT2D eigenvalue weighted by atomic mass is 32.2. The van der Waals surface area contributed by atoms with Crippen molar-refractivity contribution in [3.63, 3.8) is 0 Å². The Morgan fingerprint density at radius 2 is 1.86 bits per heavy atom. The summed E-state index contributed by atoms with van der Waals surface area (Å²) < 4.78 is 12.0. The number of carbonyl (C=O) groups is 1. The highest BCUT2D eigenvalue weighted by molar-refractivity contribution is 7.86. The first kappa shape index (κ1) is 15.4. The van der Waals surface area contributed by atoms with E-state index in [1.807, 2.05) is 44.2 Å². The van der Waals surface area contributed by atoms with Crippen LogP contribution in [0.1, 0.15) is 23.5 Å². The van der Waals surface area contributed by atoms with E-state index in [0.29, 0.717) is 18.0 Å². The lowest BCUT2D eigenvalue weighted by Gasteiger charge is -2.34. The number of aromatic nitrogens is 1. The van der Waals surface area contributed by atoms with Crippen LogP contribution in [0.5, 0.6) is 0 Å². The molecule has 2 heterocycles. The van der Waals surface area contributed by atoms with Gasteiger partial charge in [-0.1, -0.05) is 30.3 Å². The minimum absolute atomic E-state index is 0.00455. The van der Waals surface area contributed by atoms with Crippen molar-refractivity contribution in [2.24, 2.45) is 0 Å². The Morgan fingerprint density at radius 1 is 1.23 bits per heavy atom. The molecule has 2 aromatic rings. The first-order valence-electron chi connectivity index (χ1n) is 7.26. The summed E-state index contributed by atoms with van der Waals surface area (Å²) in [4.78, 5) is 19.5. The van der Waals surface area contributed by atoms with Gasteiger partial charge in [0.25, 0.3) is 5.91 Å². The maximum Gasteiger partial charge on any atom is 0.265 e. The summed E-state index contributed by atoms with van der Waals surface area (Å²) in [5.74, 6) is -0.00455. The molecule has 1 amide bonds. The maximum atomic E-state index is 12.6. The van der Waals surface area contributed by atoms with Crippen LogP contribution in [-0.2, 0) is 10.8 Å². The number of hydrogen-bond acceptors (Lipinski definition) is 4. The number of benzene rings is 1. The second kappa shape index (κ2) is 6.30. The Kier molecular flexibility index (Phi) is 4.40. The van der Waals surface area contributed by atoms with Crippen LogP contribution in [0.3, 0.4) is 0 Å². The van der Waals surface area contributed by atoms with Crippen LogP contribution >= 0.6 is 11.3 Å². The summed E-state index contributed by atoms with van der Waals surface area (Å²) in [5, 5.41) is 0.897. The van der Waals surface area contributed by atoms with Crippen LogP contribution in [-0.4, -0.2) is 43.6 Å². The highest BCUT2D eigenvalue weighted by Crippen LogP contribution is 2.26. The van der Waals surface area contributed by atoms with E-state index in [-0.39, 0.29) is 16.4 Å². The molecule has 1 saturated heterocycles. The largest absolute Gasteiger partial charge is 0.336 e. The third-order valence-corrected chi connectivity index (χ3v) is 6.69. The molecule has 0 N–H and O–H groups in total. The molecule has 0 saturated carbocycles. The van der Waals surface area contributed by atoms with Crippen LogP contribution < -0.4 is 0 Å². The molecule has 0 radical (unpaired) electrons. The van der Waals surface area contributed by atoms with E-state index in [0.717, 1.165) is 10.6 Å². The average molecular weight is 334 g/mol. The van der Waals surface area contributed by atoms with Crippen LogP contribution in [0.2, 0.25) is 0 Å². The van der Waals surface area contributed by atoms with Gasteiger partial charge in [0.05, 0.1) is 6.20 Å². The topological polar surface area (TPSA) is 50.3 Å². The van der Waals surface area contributed by atoms with Gasteiger partial charge in [-0.25, -0.2) is 4.98 Å². The summed E-state index contributed by atoms with van der Waals surface area (Å²) in [5.41, 5.74) is 1.02. The van der Waals surface area contributed by atoms with Crippen molar-refractivity contribution in [2.75, 3.05) is 13.1 Å². The van der Waals surface area contributed by atoms with Gasteiger partial charge in [0, 0.05) is 40.0 Å². The zero-order valence-electron chi connectivity index (χ0n) is 12.6. The molecule has 116 valence electrons. The van der Waals surface area contributed by atoms with Crippen molar-refractivity contribution < 1.29 is 9.00 Å². The third-order valence-electron chi connectivity index (χ3n) is 3.77. The highest BCUT2D eigenvalue weighted by Gasteiger charge is 2.32. The Labute approximate surface area is 136 Å². The van der Waals surface area contributed by atoms with E-state index in [4.69, 9.17) is 0 Å². The molecule has 6 heteroatoms. The van der Waals surface area contributed by atoms with Crippen molar-refractivity contribution in [3.8, 4) is 10.6 Å². The summed E-state index contributed by atoms with van der Waals surface area (Å²) in [6.45, 7) is 4.98. The number of thiazole rings is 1. The maximum absolute atomic E-state index is 12.6. The molecule has 2 atom stereocenters. The fourth-order valence-corrected chi connectivity index (χ4v) is 4.98. The fourth-order valence-electron chi connectivity index (χ4n) is 2.65. The molecule has 1 aliphatic heterocycles. The molecule has 2 unspecified atom stereocenters. The van der Waals surface area contributed by atoms with Crippen molar-refractivity contribution in [2.45, 2.75) is 24.3 Å². The molecular formula is C16H18N2O2S2. The van der Waals surface area contributed by atoms with Gasteiger partial charge in [0.1, 0.15) is 9.88 Å². The van der Waals surface area contributed by atoms with Gasteiger partial charge < -0.3 is 4.90 Å². The minimum Gasteiger partial charge on any atom is -0.336 e. The summed E-state index contributed by atoms with van der Waals surface area (Å²) in [6, 6.07) is 9.85. The molecule has 0 bridgehead atoms. The predicted molar refractivity (Wildman–Crippen MR) is 90.5 cm³/mol. The second-order valence-electron chi connectivity index (χ2n) is 5.56. The monoisotopic (exact) mass is 334 g/mol. The number of hydrogen-bond donors (Lipinski definition) is 0. The normalized spacial score (nSPS) is 25.2. The molecule has 3 rings (SSSR count). The van der Waals surface area contributed by atoms with E-state index >= 15 is 0 Å². The van der Waals surface area contributed by atoms with Crippen LogP contribution in [0, 0.1) is 0 Å². The van der Waals surface area contributed by atoms with Crippen molar-refractivity contribution in [3.05, 3.63) is 41.4 Å². The van der Waals surface area contributed by atoms with E-state index in [1.165, 1.54) is 11.3 Å². The van der Waals surface area contributed by atoms with Gasteiger partial charge in [0.2, 0.25) is 0 Å². The average Bonchev–Trinajstić information content (AvgIpc) is 3.02. The fraction of sp³-hybridized carbons (Fsp3) is 0.375. The lowest BCUT2D eigenvalue weighted by Crippen LogP contribution is -2.49. The molecule has 4 nitrogen and oxygen atoms in total. The molecule has 1 aliphatic rings. The summed E-state index contributed by atoms with van der Waals surface area (Å²) >= 11 is 1.41. The Bertz CT molecular complexity index is 685. The Hall–Kier alpha value is -1.53. The second-order valence-corrected chi connectivity index (χ2v) is 8.85. The van der Waals surface area contributed by atoms with Gasteiger partial charge in [-0.15, -0.1) is 11.3 Å². The molecule has 1 aromatic carbocycles. The standard InChI is InChI=1S/C16H18N2O2S2/c1-11-9-18(10-12(2)22(11)20)16(19)14-8-17-15(21-14)13-6-4-3-5-7-13/h3-8,11-12H,9-10H2,1-2H3. The van der Waals surface area contributed by atoms with Gasteiger partial charge in [-0.2, -0.15) is 0 Å². The van der Waals surface area contributed by atoms with Crippen LogP contribution in [0.25, 0.3) is 10.6 Å². The summed E-state index contributed by atoms with van der Waals surface area (Å²) in [7, 11) is -0.854. The lowest BCUT2D eigenvalue weighted by atomic mass is 10.2. The van der Waals surface area contributed by atoms with Crippen molar-refractivity contribution >= 4 is 28.0 Å². The van der Waals surface area contributed by atoms with Gasteiger partial charge in [-0.3, -0.25) is 9.00 Å². The first-order chi connectivity index (χ1) is 10.6. The predicted octanol–water partition coefficient (Wildman–Crippen LogP) is 2.79. The van der Waals surface area contributed by atoms with E-state index < -0.39 is 10.8 Å². The van der Waals surface area contributed by atoms with Crippen LogP contribution in [0.4, 0.5) is 0 Å². The molecule has 0 aliphatic carbocycles. The SMILES string of the molecule is CC1CN(C(=O)c2cnc(-c3ccccc3)s2)CC(C)S1=O. The Balaban J connectivity index is 1.79. The third kappa shape index (κ3) is 2.98. The van der Waals surface area contributed by atoms with Crippen molar-refractivity contribution in [1.29, 1.82) is 0 Å². The van der Waals surface area contributed by atoms with Gasteiger partial charge >= 0.3 is 0 Å². The van der Waals surface area contributed by atoms with Gasteiger partial charge in [0.15, 0.2) is 0 Å². The molecule has 1 fully saturated rings. The minimum atomic E-state index is -0.854. The molecule has 1 aromatic heterocycles. The smallest absolute Gasteiger partial charge is 0.265 e. The van der Waals surface area contributed by atoms with E-state index in [2.05, 4.69) is 4.98 Å². The lowest BCUT2D eigenvalue weighted by molar-refractivity contribution is 0.0756. The zero-order chi connectivity index (χ0) is 15.7. The molecule has 22 heavy (non-hydrogen) atoms. The first-order valence-corrected chi connectivity index (χ1v) is 9.35. The number of rotatable bonds is 2. The van der Waals surface area contributed by atoms with Gasteiger partial charge in [-0.05, 0) is 13.8 Å². The van der Waals surface area contributed by atoms with Crippen LogP contribution in [0.15, 0.2) is 36.5 Å². The molecular weight excluding hydrogens is 316 g/mol. The van der Waals surface area contributed by atoms with Crippen molar-refractivity contribution in [1.82, 2.24) is 9.88 Å². The molecule has 0 spiro atoms. The van der Waals surface area contributed by atoms with E-state index in [9.17, 15) is 9.00 Å². The summed E-state index contributed by atoms with van der Waals surface area (Å²) in [6.07, 6.45) is 1.65. The number of amides is 1. The Morgan fingerprint density at radius 3 is 2.50 bits per heavy atom. The quantitative estimate of drug-likeness (QED) is 0.848. The number of nitrogens with zero attached hydrogens (tertiary/aromatic N) is 2.